The van der Waals surface area contributed by atoms with Gasteiger partial charge in [0.25, 0.3) is 5.91 Å². The summed E-state index contributed by atoms with van der Waals surface area (Å²) in [4.78, 5) is 14.2. The molecule has 2 rings (SSSR count). The van der Waals surface area contributed by atoms with E-state index in [1.165, 1.54) is 6.07 Å². The van der Waals surface area contributed by atoms with Crippen molar-refractivity contribution in [1.29, 1.82) is 0 Å². The Hall–Kier alpha value is -1.59. The first-order chi connectivity index (χ1) is 9.61. The number of aliphatic hydroxyl groups excluding tert-OH is 1. The summed E-state index contributed by atoms with van der Waals surface area (Å²) < 4.78 is 0. The van der Waals surface area contributed by atoms with E-state index in [1.807, 2.05) is 0 Å². The van der Waals surface area contributed by atoms with Crippen molar-refractivity contribution in [2.75, 3.05) is 26.2 Å². The molecule has 1 saturated heterocycles. The van der Waals surface area contributed by atoms with Crippen LogP contribution in [0.4, 0.5) is 0 Å². The fraction of sp³-hybridized carbons (Fsp3) is 0.533. The molecule has 110 valence electrons. The van der Waals surface area contributed by atoms with E-state index in [2.05, 4.69) is 5.32 Å². The van der Waals surface area contributed by atoms with Crippen LogP contribution in [0, 0.1) is 6.92 Å². The Morgan fingerprint density at radius 2 is 2.30 bits per heavy atom. The molecule has 20 heavy (non-hydrogen) atoms. The van der Waals surface area contributed by atoms with Crippen LogP contribution in [0.25, 0.3) is 0 Å². The van der Waals surface area contributed by atoms with Gasteiger partial charge in [-0.3, -0.25) is 4.79 Å². The lowest BCUT2D eigenvalue weighted by Crippen LogP contribution is -2.42. The van der Waals surface area contributed by atoms with Crippen molar-refractivity contribution in [2.24, 2.45) is 0 Å². The summed E-state index contributed by atoms with van der Waals surface area (Å²) in [7, 11) is 0. The van der Waals surface area contributed by atoms with Crippen molar-refractivity contribution < 1.29 is 15.0 Å². The van der Waals surface area contributed by atoms with Crippen LogP contribution in [0.3, 0.4) is 0 Å². The van der Waals surface area contributed by atoms with E-state index in [0.29, 0.717) is 24.7 Å². The molecule has 3 N–H and O–H groups in total. The third-order valence-corrected chi connectivity index (χ3v) is 3.70. The zero-order chi connectivity index (χ0) is 14.5. The quantitative estimate of drug-likeness (QED) is 0.748. The number of phenolic OH excluding ortho intramolecular Hbond substituents is 1. The van der Waals surface area contributed by atoms with Crippen molar-refractivity contribution in [1.82, 2.24) is 10.2 Å². The summed E-state index contributed by atoms with van der Waals surface area (Å²) in [6, 6.07) is 5.05. The minimum absolute atomic E-state index is 0.0460. The number of hydrogen-bond donors (Lipinski definition) is 3. The number of carbonyl (C=O) groups is 1. The molecule has 1 aliphatic rings. The molecule has 5 nitrogen and oxygen atoms in total. The fourth-order valence-corrected chi connectivity index (χ4v) is 2.63. The zero-order valence-corrected chi connectivity index (χ0v) is 11.8. The van der Waals surface area contributed by atoms with Crippen LogP contribution in [0.1, 0.15) is 28.8 Å². The molecule has 1 aliphatic heterocycles. The van der Waals surface area contributed by atoms with Crippen LogP contribution in [0.5, 0.6) is 5.75 Å². The maximum atomic E-state index is 12.6. The highest BCUT2D eigenvalue weighted by molar-refractivity contribution is 5.95. The number of phenols is 1. The summed E-state index contributed by atoms with van der Waals surface area (Å²) >= 11 is 0. The normalized spacial score (nSPS) is 18.2. The lowest BCUT2D eigenvalue weighted by atomic mass is 10.1. The van der Waals surface area contributed by atoms with Gasteiger partial charge in [-0.05, 0) is 50.1 Å². The third kappa shape index (κ3) is 3.49. The SMILES string of the molecule is Cc1cc(O)ccc1C(=O)N(CCO)CC1CCCN1. The Bertz CT molecular complexity index is 470. The van der Waals surface area contributed by atoms with Gasteiger partial charge in [0.05, 0.1) is 6.61 Å². The minimum atomic E-state index is -0.0924. The van der Waals surface area contributed by atoms with Gasteiger partial charge in [-0.15, -0.1) is 0 Å². The number of aliphatic hydroxyl groups is 1. The zero-order valence-electron chi connectivity index (χ0n) is 11.8. The van der Waals surface area contributed by atoms with Gasteiger partial charge in [0.15, 0.2) is 0 Å². The topological polar surface area (TPSA) is 72.8 Å². The van der Waals surface area contributed by atoms with Crippen LogP contribution in [0.2, 0.25) is 0 Å². The molecule has 1 aromatic rings. The third-order valence-electron chi connectivity index (χ3n) is 3.70. The van der Waals surface area contributed by atoms with Gasteiger partial charge >= 0.3 is 0 Å². The second-order valence-electron chi connectivity index (χ2n) is 5.27. The van der Waals surface area contributed by atoms with E-state index in [4.69, 9.17) is 5.11 Å². The van der Waals surface area contributed by atoms with Gasteiger partial charge in [-0.2, -0.15) is 0 Å². The van der Waals surface area contributed by atoms with Crippen molar-refractivity contribution in [3.8, 4) is 5.75 Å². The highest BCUT2D eigenvalue weighted by Crippen LogP contribution is 2.18. The minimum Gasteiger partial charge on any atom is -0.508 e. The molecule has 1 aromatic carbocycles. The van der Waals surface area contributed by atoms with E-state index in [9.17, 15) is 9.90 Å². The predicted molar refractivity (Wildman–Crippen MR) is 76.9 cm³/mol. The standard InChI is InChI=1S/C15H22N2O3/c1-11-9-13(19)4-5-14(11)15(20)17(7-8-18)10-12-3-2-6-16-12/h4-5,9,12,16,18-19H,2-3,6-8,10H2,1H3. The maximum absolute atomic E-state index is 12.6. The van der Waals surface area contributed by atoms with Crippen molar-refractivity contribution in [3.05, 3.63) is 29.3 Å². The van der Waals surface area contributed by atoms with Gasteiger partial charge in [-0.25, -0.2) is 0 Å². The van der Waals surface area contributed by atoms with Gasteiger partial charge in [0, 0.05) is 24.7 Å². The highest BCUT2D eigenvalue weighted by atomic mass is 16.3. The molecule has 0 radical (unpaired) electrons. The number of nitrogens with one attached hydrogen (secondary N) is 1. The number of amides is 1. The van der Waals surface area contributed by atoms with E-state index >= 15 is 0 Å². The number of hydrogen-bond acceptors (Lipinski definition) is 4. The second kappa shape index (κ2) is 6.72. The van der Waals surface area contributed by atoms with E-state index < -0.39 is 0 Å². The van der Waals surface area contributed by atoms with Crippen molar-refractivity contribution in [3.63, 3.8) is 0 Å². The number of aryl methyl sites for hydroxylation is 1. The highest BCUT2D eigenvalue weighted by Gasteiger charge is 2.23. The average Bonchev–Trinajstić information content (AvgIpc) is 2.90. The Labute approximate surface area is 119 Å². The van der Waals surface area contributed by atoms with E-state index in [0.717, 1.165) is 24.9 Å². The van der Waals surface area contributed by atoms with Gasteiger partial charge < -0.3 is 20.4 Å². The molecule has 1 fully saturated rings. The Morgan fingerprint density at radius 3 is 2.90 bits per heavy atom. The molecule has 1 unspecified atom stereocenters. The maximum Gasteiger partial charge on any atom is 0.254 e. The Balaban J connectivity index is 2.12. The van der Waals surface area contributed by atoms with Crippen molar-refractivity contribution >= 4 is 5.91 Å². The first kappa shape index (κ1) is 14.8. The number of benzene rings is 1. The Kier molecular flexibility index (Phi) is 4.98. The van der Waals surface area contributed by atoms with Crippen LogP contribution < -0.4 is 5.32 Å². The summed E-state index contributed by atoms with van der Waals surface area (Å²) in [6.07, 6.45) is 2.19. The summed E-state index contributed by atoms with van der Waals surface area (Å²) in [6.45, 7) is 3.69. The van der Waals surface area contributed by atoms with Crippen LogP contribution in [0.15, 0.2) is 18.2 Å². The fourth-order valence-electron chi connectivity index (χ4n) is 2.63. The molecule has 1 heterocycles. The van der Waals surface area contributed by atoms with Gasteiger partial charge in [0.1, 0.15) is 5.75 Å². The largest absolute Gasteiger partial charge is 0.508 e. The molecular formula is C15H22N2O3. The lowest BCUT2D eigenvalue weighted by Gasteiger charge is -2.26. The van der Waals surface area contributed by atoms with Gasteiger partial charge in [-0.1, -0.05) is 0 Å². The number of nitrogens with zero attached hydrogens (tertiary/aromatic N) is 1. The van der Waals surface area contributed by atoms with Crippen LogP contribution >= 0.6 is 0 Å². The summed E-state index contributed by atoms with van der Waals surface area (Å²) in [5.41, 5.74) is 1.33. The van der Waals surface area contributed by atoms with E-state index in [-0.39, 0.29) is 18.3 Å². The molecule has 1 amide bonds. The van der Waals surface area contributed by atoms with E-state index in [1.54, 1.807) is 24.0 Å². The smallest absolute Gasteiger partial charge is 0.254 e. The second-order valence-corrected chi connectivity index (χ2v) is 5.27. The monoisotopic (exact) mass is 278 g/mol. The number of rotatable bonds is 5. The summed E-state index contributed by atoms with van der Waals surface area (Å²) in [5, 5.41) is 21.9. The van der Waals surface area contributed by atoms with Gasteiger partial charge in [0.2, 0.25) is 0 Å². The molecular weight excluding hydrogens is 256 g/mol. The molecule has 0 saturated carbocycles. The van der Waals surface area contributed by atoms with Crippen LogP contribution in [-0.2, 0) is 0 Å². The lowest BCUT2D eigenvalue weighted by molar-refractivity contribution is 0.0706. The first-order valence-corrected chi connectivity index (χ1v) is 7.05. The molecule has 5 heteroatoms. The molecule has 0 spiro atoms. The average molecular weight is 278 g/mol. The molecule has 1 atom stereocenters. The molecule has 0 bridgehead atoms. The van der Waals surface area contributed by atoms with Crippen molar-refractivity contribution in [2.45, 2.75) is 25.8 Å². The number of carbonyl (C=O) groups excluding carboxylic acids is 1. The number of aromatic hydroxyl groups is 1. The first-order valence-electron chi connectivity index (χ1n) is 7.05. The predicted octanol–water partition coefficient (Wildman–Crippen LogP) is 0.887. The molecule has 0 aromatic heterocycles. The molecule has 0 aliphatic carbocycles. The van der Waals surface area contributed by atoms with Crippen LogP contribution in [-0.4, -0.2) is 53.3 Å². The Morgan fingerprint density at radius 1 is 1.50 bits per heavy atom. The summed E-state index contributed by atoms with van der Waals surface area (Å²) in [5.74, 6) is 0.0652.